The Morgan fingerprint density at radius 3 is 2.45 bits per heavy atom. The maximum Gasteiger partial charge on any atom is 0.337 e. The van der Waals surface area contributed by atoms with Crippen LogP contribution in [0.4, 0.5) is 0 Å². The SMILES string of the molecule is CCCC(=O)OCOC(=O)C(O)C[C@@H](Cc1ccc(-c2cccc(Cl)c2)cc1)NC(=O)c1cc(O)n(C)n1. The summed E-state index contributed by atoms with van der Waals surface area (Å²) in [5.74, 6) is -2.28. The van der Waals surface area contributed by atoms with Gasteiger partial charge >= 0.3 is 11.9 Å². The van der Waals surface area contributed by atoms with Crippen LogP contribution < -0.4 is 5.32 Å². The Hall–Kier alpha value is -3.89. The van der Waals surface area contributed by atoms with Crippen molar-refractivity contribution >= 4 is 29.4 Å². The Kier molecular flexibility index (Phi) is 10.3. The number of aryl methyl sites for hydroxylation is 1. The van der Waals surface area contributed by atoms with Gasteiger partial charge in [0.05, 0.1) is 0 Å². The van der Waals surface area contributed by atoms with E-state index in [1.807, 2.05) is 49.4 Å². The van der Waals surface area contributed by atoms with Gasteiger partial charge in [0.15, 0.2) is 11.8 Å². The summed E-state index contributed by atoms with van der Waals surface area (Å²) >= 11 is 6.09. The van der Waals surface area contributed by atoms with Crippen LogP contribution in [-0.2, 0) is 32.5 Å². The van der Waals surface area contributed by atoms with Crippen molar-refractivity contribution in [3.63, 3.8) is 0 Å². The fraction of sp³-hybridized carbons (Fsp3) is 0.333. The summed E-state index contributed by atoms with van der Waals surface area (Å²) in [4.78, 5) is 36.5. The molecule has 1 amide bonds. The number of amides is 1. The zero-order chi connectivity index (χ0) is 27.7. The fourth-order valence-electron chi connectivity index (χ4n) is 3.70. The van der Waals surface area contributed by atoms with E-state index in [-0.39, 0.29) is 30.8 Å². The van der Waals surface area contributed by atoms with Crippen LogP contribution in [0.1, 0.15) is 42.2 Å². The Bertz CT molecular complexity index is 1240. The van der Waals surface area contributed by atoms with Crippen LogP contribution in [0.25, 0.3) is 11.1 Å². The second-order valence-corrected chi connectivity index (χ2v) is 9.13. The number of halogens is 1. The number of hydrogen-bond acceptors (Lipinski definition) is 8. The van der Waals surface area contributed by atoms with E-state index >= 15 is 0 Å². The van der Waals surface area contributed by atoms with Crippen LogP contribution in [0.15, 0.2) is 54.6 Å². The lowest BCUT2D eigenvalue weighted by atomic mass is 9.97. The highest BCUT2D eigenvalue weighted by Gasteiger charge is 2.25. The number of carbonyl (C=O) groups excluding carboxylic acids is 3. The van der Waals surface area contributed by atoms with Gasteiger partial charge in [-0.15, -0.1) is 0 Å². The van der Waals surface area contributed by atoms with Gasteiger partial charge in [-0.1, -0.05) is 54.9 Å². The molecule has 0 fully saturated rings. The molecular formula is C27H30ClN3O7. The number of hydrogen-bond donors (Lipinski definition) is 3. The summed E-state index contributed by atoms with van der Waals surface area (Å²) in [5.41, 5.74) is 2.70. The highest BCUT2D eigenvalue weighted by atomic mass is 35.5. The quantitative estimate of drug-likeness (QED) is 0.233. The molecule has 3 N–H and O–H groups in total. The van der Waals surface area contributed by atoms with Crippen LogP contribution >= 0.6 is 11.6 Å². The summed E-state index contributed by atoms with van der Waals surface area (Å²) in [6.45, 7) is 1.20. The fourth-order valence-corrected chi connectivity index (χ4v) is 3.89. The molecule has 2 atom stereocenters. The molecule has 1 heterocycles. The monoisotopic (exact) mass is 543 g/mol. The molecule has 202 valence electrons. The van der Waals surface area contributed by atoms with E-state index in [1.54, 1.807) is 6.07 Å². The van der Waals surface area contributed by atoms with Crippen molar-refractivity contribution < 1.29 is 34.1 Å². The van der Waals surface area contributed by atoms with Crippen molar-refractivity contribution in [1.82, 2.24) is 15.1 Å². The number of aromatic hydroxyl groups is 1. The molecule has 11 heteroatoms. The number of aliphatic hydroxyl groups excluding tert-OH is 1. The summed E-state index contributed by atoms with van der Waals surface area (Å²) in [7, 11) is 1.48. The predicted octanol–water partition coefficient (Wildman–Crippen LogP) is 3.38. The molecular weight excluding hydrogens is 514 g/mol. The molecule has 1 unspecified atom stereocenters. The van der Waals surface area contributed by atoms with Gasteiger partial charge in [-0.3, -0.25) is 9.59 Å². The first kappa shape index (κ1) is 28.7. The van der Waals surface area contributed by atoms with Crippen LogP contribution in [0.5, 0.6) is 5.88 Å². The van der Waals surface area contributed by atoms with E-state index < -0.39 is 36.8 Å². The number of rotatable bonds is 12. The van der Waals surface area contributed by atoms with Crippen LogP contribution in [-0.4, -0.2) is 56.8 Å². The third kappa shape index (κ3) is 8.32. The molecule has 10 nitrogen and oxygen atoms in total. The van der Waals surface area contributed by atoms with Gasteiger partial charge in [-0.2, -0.15) is 5.10 Å². The third-order valence-electron chi connectivity index (χ3n) is 5.67. The van der Waals surface area contributed by atoms with Crippen LogP contribution in [0.2, 0.25) is 5.02 Å². The van der Waals surface area contributed by atoms with Gasteiger partial charge < -0.3 is 25.0 Å². The average molecular weight is 544 g/mol. The lowest BCUT2D eigenvalue weighted by Gasteiger charge is -2.21. The van der Waals surface area contributed by atoms with Gasteiger partial charge in [0.1, 0.15) is 0 Å². The highest BCUT2D eigenvalue weighted by molar-refractivity contribution is 6.30. The Balaban J connectivity index is 1.69. The molecule has 0 saturated carbocycles. The largest absolute Gasteiger partial charge is 0.493 e. The van der Waals surface area contributed by atoms with Gasteiger partial charge in [-0.25, -0.2) is 9.48 Å². The van der Waals surface area contributed by atoms with Crippen molar-refractivity contribution in [3.05, 3.63) is 70.9 Å². The standard InChI is InChI=1S/C27H30ClN3O7/c1-3-5-25(34)37-16-38-27(36)23(32)14-21(29-26(35)22-15-24(33)31(2)30-22)12-17-8-10-18(11-9-17)19-6-4-7-20(28)13-19/h4,6-11,13,15,21,23,32-33H,3,5,12,14,16H2,1-2H3,(H,29,35)/t21-,23?/m1/s1. The molecule has 0 aliphatic rings. The molecule has 0 saturated heterocycles. The lowest BCUT2D eigenvalue weighted by Crippen LogP contribution is -2.41. The van der Waals surface area contributed by atoms with Crippen molar-refractivity contribution in [1.29, 1.82) is 0 Å². The number of benzene rings is 2. The third-order valence-corrected chi connectivity index (χ3v) is 5.91. The molecule has 0 aliphatic heterocycles. The van der Waals surface area contributed by atoms with E-state index in [4.69, 9.17) is 21.1 Å². The second-order valence-electron chi connectivity index (χ2n) is 8.69. The number of nitrogens with zero attached hydrogens (tertiary/aromatic N) is 2. The lowest BCUT2D eigenvalue weighted by molar-refractivity contribution is -0.173. The molecule has 38 heavy (non-hydrogen) atoms. The number of ether oxygens (including phenoxy) is 2. The zero-order valence-corrected chi connectivity index (χ0v) is 21.9. The number of nitrogens with one attached hydrogen (secondary N) is 1. The van der Waals surface area contributed by atoms with Crippen LogP contribution in [0.3, 0.4) is 0 Å². The van der Waals surface area contributed by atoms with E-state index in [1.165, 1.54) is 13.1 Å². The minimum absolute atomic E-state index is 0.0220. The first-order valence-electron chi connectivity index (χ1n) is 12.0. The molecule has 1 aromatic heterocycles. The van der Waals surface area contributed by atoms with Gasteiger partial charge in [0.25, 0.3) is 5.91 Å². The normalized spacial score (nSPS) is 12.4. The van der Waals surface area contributed by atoms with Gasteiger partial charge in [0.2, 0.25) is 12.7 Å². The number of esters is 2. The first-order chi connectivity index (χ1) is 18.2. The first-order valence-corrected chi connectivity index (χ1v) is 12.4. The van der Waals surface area contributed by atoms with Gasteiger partial charge in [-0.05, 0) is 41.7 Å². The number of carbonyl (C=O) groups is 3. The van der Waals surface area contributed by atoms with Crippen molar-refractivity contribution in [2.24, 2.45) is 7.05 Å². The maximum atomic E-state index is 12.8. The second kappa shape index (κ2) is 13.6. The smallest absolute Gasteiger partial charge is 0.337 e. The van der Waals surface area contributed by atoms with E-state index in [0.717, 1.165) is 21.4 Å². The Morgan fingerprint density at radius 2 is 1.82 bits per heavy atom. The van der Waals surface area contributed by atoms with Crippen molar-refractivity contribution in [2.75, 3.05) is 6.79 Å². The van der Waals surface area contributed by atoms with Crippen molar-refractivity contribution in [2.45, 2.75) is 44.8 Å². The minimum Gasteiger partial charge on any atom is -0.493 e. The Morgan fingerprint density at radius 1 is 1.08 bits per heavy atom. The van der Waals surface area contributed by atoms with Crippen molar-refractivity contribution in [3.8, 4) is 17.0 Å². The predicted molar refractivity (Wildman–Crippen MR) is 139 cm³/mol. The summed E-state index contributed by atoms with van der Waals surface area (Å²) < 4.78 is 10.8. The number of aliphatic hydroxyl groups is 1. The number of aromatic nitrogens is 2. The zero-order valence-electron chi connectivity index (χ0n) is 21.1. The van der Waals surface area contributed by atoms with E-state index in [0.29, 0.717) is 11.4 Å². The average Bonchev–Trinajstić information content (AvgIpc) is 3.22. The maximum absolute atomic E-state index is 12.8. The molecule has 3 aromatic rings. The molecule has 2 aromatic carbocycles. The van der Waals surface area contributed by atoms with E-state index in [2.05, 4.69) is 10.4 Å². The molecule has 0 radical (unpaired) electrons. The minimum atomic E-state index is -1.59. The molecule has 0 aliphatic carbocycles. The Labute approximate surface area is 225 Å². The van der Waals surface area contributed by atoms with Crippen LogP contribution in [0, 0.1) is 0 Å². The topological polar surface area (TPSA) is 140 Å². The molecule has 3 rings (SSSR count). The highest BCUT2D eigenvalue weighted by Crippen LogP contribution is 2.23. The van der Waals surface area contributed by atoms with E-state index in [9.17, 15) is 24.6 Å². The molecule has 0 bridgehead atoms. The molecule has 0 spiro atoms. The summed E-state index contributed by atoms with van der Waals surface area (Å²) in [6.07, 6.45) is -0.718. The summed E-state index contributed by atoms with van der Waals surface area (Å²) in [5, 5.41) is 27.5. The van der Waals surface area contributed by atoms with Gasteiger partial charge in [0, 0.05) is 37.0 Å². The summed E-state index contributed by atoms with van der Waals surface area (Å²) in [6, 6.07) is 15.5.